The number of hydrogen-bond donors (Lipinski definition) is 1. The molecule has 0 spiro atoms. The van der Waals surface area contributed by atoms with Gasteiger partial charge in [-0.3, -0.25) is 9.69 Å². The van der Waals surface area contributed by atoms with Crippen molar-refractivity contribution in [3.63, 3.8) is 0 Å². The first-order valence-corrected chi connectivity index (χ1v) is 8.38. The first kappa shape index (κ1) is 14.3. The van der Waals surface area contributed by atoms with Gasteiger partial charge in [-0.15, -0.1) is 0 Å². The Morgan fingerprint density at radius 1 is 1.36 bits per heavy atom. The Morgan fingerprint density at radius 2 is 2.23 bits per heavy atom. The molecule has 1 saturated carbocycles. The Hall–Kier alpha value is -1.33. The minimum absolute atomic E-state index is 0.113. The highest BCUT2D eigenvalue weighted by Crippen LogP contribution is 2.35. The topological polar surface area (TPSA) is 54.7 Å². The second-order valence-electron chi connectivity index (χ2n) is 7.04. The molecule has 2 aliphatic heterocycles. The maximum absolute atomic E-state index is 11.9. The van der Waals surface area contributed by atoms with Gasteiger partial charge in [0.2, 0.25) is 5.91 Å². The van der Waals surface area contributed by atoms with Crippen molar-refractivity contribution in [1.29, 1.82) is 0 Å². The van der Waals surface area contributed by atoms with Crippen molar-refractivity contribution in [3.05, 3.63) is 23.7 Å². The summed E-state index contributed by atoms with van der Waals surface area (Å²) in [5.41, 5.74) is 0. The van der Waals surface area contributed by atoms with Crippen LogP contribution < -0.4 is 5.32 Å². The third-order valence-electron chi connectivity index (χ3n) is 4.92. The minimum atomic E-state index is 0.113. The lowest BCUT2D eigenvalue weighted by Gasteiger charge is -2.18. The number of aryl methyl sites for hydroxylation is 1. The molecule has 3 aliphatic rings. The number of rotatable bonds is 5. The van der Waals surface area contributed by atoms with Gasteiger partial charge in [0, 0.05) is 25.0 Å². The molecule has 22 heavy (non-hydrogen) atoms. The highest BCUT2D eigenvalue weighted by Gasteiger charge is 2.42. The van der Waals surface area contributed by atoms with E-state index in [0.29, 0.717) is 18.4 Å². The fourth-order valence-electron chi connectivity index (χ4n) is 3.72. The van der Waals surface area contributed by atoms with Gasteiger partial charge in [-0.2, -0.15) is 0 Å². The van der Waals surface area contributed by atoms with Crippen LogP contribution in [0.25, 0.3) is 0 Å². The van der Waals surface area contributed by atoms with Gasteiger partial charge in [-0.1, -0.05) is 0 Å². The lowest BCUT2D eigenvalue weighted by Crippen LogP contribution is -2.30. The predicted molar refractivity (Wildman–Crippen MR) is 81.3 cm³/mol. The van der Waals surface area contributed by atoms with E-state index in [9.17, 15) is 4.79 Å². The zero-order valence-corrected chi connectivity index (χ0v) is 13.1. The fraction of sp³-hybridized carbons (Fsp3) is 0.706. The number of furan rings is 1. The molecule has 5 nitrogen and oxygen atoms in total. The van der Waals surface area contributed by atoms with Gasteiger partial charge in [0.15, 0.2) is 0 Å². The molecule has 3 fully saturated rings. The highest BCUT2D eigenvalue weighted by molar-refractivity contribution is 5.77. The lowest BCUT2D eigenvalue weighted by molar-refractivity contribution is -0.123. The molecule has 1 amide bonds. The van der Waals surface area contributed by atoms with E-state index in [-0.39, 0.29) is 18.1 Å². The maximum atomic E-state index is 11.9. The number of fused-ring (bicyclic) bond motifs is 1. The molecule has 0 radical (unpaired) electrons. The van der Waals surface area contributed by atoms with Crippen molar-refractivity contribution in [2.45, 2.75) is 57.4 Å². The van der Waals surface area contributed by atoms with E-state index in [1.807, 2.05) is 13.0 Å². The average molecular weight is 304 g/mol. The van der Waals surface area contributed by atoms with Crippen molar-refractivity contribution in [2.24, 2.45) is 5.92 Å². The van der Waals surface area contributed by atoms with Crippen LogP contribution in [-0.2, 0) is 16.1 Å². The SMILES string of the molecule is Cc1ccc(CN2C[C@@H]3C[C@@H](CC(=O)NC4CC4)O[C@@H]3C2)o1. The van der Waals surface area contributed by atoms with Crippen LogP contribution >= 0.6 is 0 Å². The standard InChI is InChI=1S/C17H24N2O3/c1-11-2-5-14(21-11)9-19-8-12-6-15(22-16(12)10-19)7-17(20)18-13-3-4-13/h2,5,12-13,15-16H,3-4,6-10H2,1H3,(H,18,20)/t12-,15-,16+/m0/s1. The first-order valence-electron chi connectivity index (χ1n) is 8.38. The van der Waals surface area contributed by atoms with E-state index in [4.69, 9.17) is 9.15 Å². The molecule has 3 atom stereocenters. The van der Waals surface area contributed by atoms with Crippen LogP contribution in [0.2, 0.25) is 0 Å². The quantitative estimate of drug-likeness (QED) is 0.902. The molecule has 1 N–H and O–H groups in total. The summed E-state index contributed by atoms with van der Waals surface area (Å²) in [5.74, 6) is 2.72. The van der Waals surface area contributed by atoms with E-state index in [1.54, 1.807) is 0 Å². The number of nitrogens with one attached hydrogen (secondary N) is 1. The van der Waals surface area contributed by atoms with Crippen LogP contribution in [-0.4, -0.2) is 42.1 Å². The van der Waals surface area contributed by atoms with Gasteiger partial charge < -0.3 is 14.5 Å². The average Bonchev–Trinajstić information content (AvgIpc) is 2.85. The zero-order valence-electron chi connectivity index (χ0n) is 13.1. The molecule has 120 valence electrons. The van der Waals surface area contributed by atoms with Gasteiger partial charge in [0.05, 0.1) is 25.2 Å². The molecule has 4 rings (SSSR count). The highest BCUT2D eigenvalue weighted by atomic mass is 16.5. The second kappa shape index (κ2) is 5.70. The number of hydrogen-bond acceptors (Lipinski definition) is 4. The van der Waals surface area contributed by atoms with Crippen molar-refractivity contribution < 1.29 is 13.9 Å². The Kier molecular flexibility index (Phi) is 3.70. The summed E-state index contributed by atoms with van der Waals surface area (Å²) in [6, 6.07) is 4.51. The van der Waals surface area contributed by atoms with Crippen molar-refractivity contribution >= 4 is 5.91 Å². The second-order valence-corrected chi connectivity index (χ2v) is 7.04. The number of nitrogens with zero attached hydrogens (tertiary/aromatic N) is 1. The summed E-state index contributed by atoms with van der Waals surface area (Å²) in [5, 5.41) is 3.05. The predicted octanol–water partition coefficient (Wildman–Crippen LogP) is 1.85. The van der Waals surface area contributed by atoms with Crippen LogP contribution in [0, 0.1) is 12.8 Å². The van der Waals surface area contributed by atoms with Crippen LogP contribution in [0.15, 0.2) is 16.5 Å². The number of likely N-dealkylation sites (tertiary alicyclic amines) is 1. The first-order chi connectivity index (χ1) is 10.7. The largest absolute Gasteiger partial charge is 0.465 e. The zero-order chi connectivity index (χ0) is 15.1. The molecular weight excluding hydrogens is 280 g/mol. The Morgan fingerprint density at radius 3 is 2.91 bits per heavy atom. The van der Waals surface area contributed by atoms with Crippen molar-refractivity contribution in [1.82, 2.24) is 10.2 Å². The van der Waals surface area contributed by atoms with E-state index >= 15 is 0 Å². The number of carbonyl (C=O) groups is 1. The molecule has 0 aromatic carbocycles. The Bertz CT molecular complexity index is 538. The molecular formula is C17H24N2O3. The summed E-state index contributed by atoms with van der Waals surface area (Å²) < 4.78 is 11.7. The molecule has 0 unspecified atom stereocenters. The third-order valence-corrected chi connectivity index (χ3v) is 4.92. The normalized spacial score (nSPS) is 31.4. The minimum Gasteiger partial charge on any atom is -0.465 e. The molecule has 1 aromatic heterocycles. The van der Waals surface area contributed by atoms with Crippen LogP contribution in [0.1, 0.15) is 37.2 Å². The summed E-state index contributed by atoms with van der Waals surface area (Å²) in [6.45, 7) is 4.83. The van der Waals surface area contributed by atoms with Gasteiger partial charge in [0.1, 0.15) is 11.5 Å². The van der Waals surface area contributed by atoms with E-state index in [2.05, 4.69) is 16.3 Å². The number of amides is 1. The van der Waals surface area contributed by atoms with Crippen molar-refractivity contribution in [2.75, 3.05) is 13.1 Å². The summed E-state index contributed by atoms with van der Waals surface area (Å²) in [4.78, 5) is 14.3. The molecule has 5 heteroatoms. The van der Waals surface area contributed by atoms with Gasteiger partial charge in [0.25, 0.3) is 0 Å². The molecule has 0 bridgehead atoms. The van der Waals surface area contributed by atoms with E-state index in [1.165, 1.54) is 0 Å². The molecule has 1 aliphatic carbocycles. The van der Waals surface area contributed by atoms with Crippen molar-refractivity contribution in [3.8, 4) is 0 Å². The molecule has 2 saturated heterocycles. The van der Waals surface area contributed by atoms with Gasteiger partial charge >= 0.3 is 0 Å². The van der Waals surface area contributed by atoms with E-state index < -0.39 is 0 Å². The Balaban J connectivity index is 1.24. The summed E-state index contributed by atoms with van der Waals surface area (Å²) in [6.07, 6.45) is 4.22. The van der Waals surface area contributed by atoms with Gasteiger partial charge in [-0.25, -0.2) is 0 Å². The van der Waals surface area contributed by atoms with Gasteiger partial charge in [-0.05, 0) is 38.3 Å². The Labute approximate surface area is 131 Å². The number of ether oxygens (including phenoxy) is 1. The fourth-order valence-corrected chi connectivity index (χ4v) is 3.72. The third kappa shape index (κ3) is 3.20. The smallest absolute Gasteiger partial charge is 0.222 e. The summed E-state index contributed by atoms with van der Waals surface area (Å²) >= 11 is 0. The molecule has 3 heterocycles. The maximum Gasteiger partial charge on any atom is 0.222 e. The lowest BCUT2D eigenvalue weighted by atomic mass is 10.0. The number of carbonyl (C=O) groups excluding carboxylic acids is 1. The summed E-state index contributed by atoms with van der Waals surface area (Å²) in [7, 11) is 0. The van der Waals surface area contributed by atoms with Crippen LogP contribution in [0.5, 0.6) is 0 Å². The monoisotopic (exact) mass is 304 g/mol. The van der Waals surface area contributed by atoms with Crippen LogP contribution in [0.3, 0.4) is 0 Å². The molecule has 1 aromatic rings. The van der Waals surface area contributed by atoms with Crippen LogP contribution in [0.4, 0.5) is 0 Å². The van der Waals surface area contributed by atoms with E-state index in [0.717, 1.165) is 50.4 Å².